The van der Waals surface area contributed by atoms with Crippen molar-refractivity contribution >= 4 is 23.4 Å². The van der Waals surface area contributed by atoms with Crippen LogP contribution in [0.2, 0.25) is 5.02 Å². The van der Waals surface area contributed by atoms with Crippen LogP contribution in [0.15, 0.2) is 24.5 Å². The smallest absolute Gasteiger partial charge is 0.243 e. The number of nitrogens with one attached hydrogen (secondary N) is 2. The molecule has 2 fully saturated rings. The Kier molecular flexibility index (Phi) is 5.04. The van der Waals surface area contributed by atoms with E-state index in [0.717, 1.165) is 30.6 Å². The Morgan fingerprint density at radius 2 is 2.19 bits per heavy atom. The summed E-state index contributed by atoms with van der Waals surface area (Å²) in [5.41, 5.74) is 1.53. The van der Waals surface area contributed by atoms with E-state index in [1.54, 1.807) is 23.1 Å². The summed E-state index contributed by atoms with van der Waals surface area (Å²) in [4.78, 5) is 27.0. The number of amides is 2. The summed E-state index contributed by atoms with van der Waals surface area (Å²) < 4.78 is 1.52. The van der Waals surface area contributed by atoms with Crippen molar-refractivity contribution in [2.45, 2.75) is 37.9 Å². The number of benzene rings is 1. The van der Waals surface area contributed by atoms with Crippen molar-refractivity contribution in [2.75, 3.05) is 13.1 Å². The fourth-order valence-electron chi connectivity index (χ4n) is 3.49. The van der Waals surface area contributed by atoms with Crippen LogP contribution in [0.25, 0.3) is 5.69 Å². The quantitative estimate of drug-likeness (QED) is 0.761. The fraction of sp³-hybridized carbons (Fsp3) is 0.471. The average Bonchev–Trinajstić information content (AvgIpc) is 3.29. The van der Waals surface area contributed by atoms with Crippen LogP contribution < -0.4 is 10.6 Å². The topological polar surface area (TPSA) is 105 Å². The number of carbonyl (C=O) groups excluding carboxylic acids is 2. The highest BCUT2D eigenvalue weighted by atomic mass is 35.5. The van der Waals surface area contributed by atoms with E-state index in [1.807, 2.05) is 0 Å². The molecule has 2 N–H and O–H groups in total. The van der Waals surface area contributed by atoms with Crippen molar-refractivity contribution in [3.8, 4) is 5.69 Å². The lowest BCUT2D eigenvalue weighted by Gasteiger charge is -2.33. The minimum atomic E-state index is -0.421. The molecular weight excluding hydrogens is 370 g/mol. The number of nitrogens with zero attached hydrogens (tertiary/aromatic N) is 5. The molecule has 1 aromatic heterocycles. The molecule has 2 unspecified atom stereocenters. The fourth-order valence-corrected chi connectivity index (χ4v) is 3.69. The van der Waals surface area contributed by atoms with Gasteiger partial charge in [0.1, 0.15) is 12.4 Å². The molecule has 1 aromatic carbocycles. The maximum Gasteiger partial charge on any atom is 0.243 e. The Labute approximate surface area is 161 Å². The Morgan fingerprint density at radius 1 is 1.33 bits per heavy atom. The second-order valence-electron chi connectivity index (χ2n) is 6.73. The summed E-state index contributed by atoms with van der Waals surface area (Å²) in [5, 5.41) is 17.8. The molecule has 4 rings (SSSR count). The molecule has 0 saturated carbocycles. The zero-order valence-corrected chi connectivity index (χ0v) is 15.4. The average molecular weight is 390 g/mol. The van der Waals surface area contributed by atoms with Gasteiger partial charge in [-0.25, -0.2) is 4.68 Å². The standard InChI is InChI=1S/C17H20ClN7O2/c18-12-3-4-14(25-10-21-22-23-25)11(8-12)9-20-16(26)15-2-1-7-24(15)17(27)13-5-6-19-13/h3-4,8,10,13,15,19H,1-2,5-7,9H2,(H,20,26). The molecule has 9 nitrogen and oxygen atoms in total. The number of rotatable bonds is 5. The number of tetrazole rings is 1. The Morgan fingerprint density at radius 3 is 2.89 bits per heavy atom. The number of hydrogen-bond donors (Lipinski definition) is 2. The first-order valence-corrected chi connectivity index (χ1v) is 9.34. The van der Waals surface area contributed by atoms with Gasteiger partial charge < -0.3 is 15.5 Å². The van der Waals surface area contributed by atoms with E-state index >= 15 is 0 Å². The third-order valence-electron chi connectivity index (χ3n) is 5.05. The van der Waals surface area contributed by atoms with Crippen LogP contribution in [0.3, 0.4) is 0 Å². The van der Waals surface area contributed by atoms with Crippen LogP contribution in [0.1, 0.15) is 24.8 Å². The van der Waals surface area contributed by atoms with Gasteiger partial charge in [-0.15, -0.1) is 5.10 Å². The predicted molar refractivity (Wildman–Crippen MR) is 97.2 cm³/mol. The zero-order chi connectivity index (χ0) is 18.8. The predicted octanol–water partition coefficient (Wildman–Crippen LogP) is 0.285. The van der Waals surface area contributed by atoms with Crippen LogP contribution in [-0.4, -0.2) is 62.1 Å². The summed E-state index contributed by atoms with van der Waals surface area (Å²) >= 11 is 6.11. The molecule has 2 aliphatic heterocycles. The number of aromatic nitrogens is 4. The van der Waals surface area contributed by atoms with Crippen LogP contribution in [0, 0.1) is 0 Å². The molecule has 10 heteroatoms. The number of halogens is 1. The first kappa shape index (κ1) is 17.9. The monoisotopic (exact) mass is 389 g/mol. The first-order chi connectivity index (χ1) is 13.1. The third kappa shape index (κ3) is 3.65. The highest BCUT2D eigenvalue weighted by Crippen LogP contribution is 2.22. The van der Waals surface area contributed by atoms with E-state index < -0.39 is 6.04 Å². The van der Waals surface area contributed by atoms with Gasteiger partial charge >= 0.3 is 0 Å². The van der Waals surface area contributed by atoms with E-state index in [9.17, 15) is 9.59 Å². The van der Waals surface area contributed by atoms with Crippen molar-refractivity contribution < 1.29 is 9.59 Å². The summed E-state index contributed by atoms with van der Waals surface area (Å²) in [7, 11) is 0. The molecule has 0 aliphatic carbocycles. The van der Waals surface area contributed by atoms with Gasteiger partial charge in [0.2, 0.25) is 11.8 Å². The number of hydrogen-bond acceptors (Lipinski definition) is 6. The van der Waals surface area contributed by atoms with Crippen LogP contribution >= 0.6 is 11.6 Å². The van der Waals surface area contributed by atoms with E-state index in [4.69, 9.17) is 11.6 Å². The van der Waals surface area contributed by atoms with Gasteiger partial charge in [-0.3, -0.25) is 9.59 Å². The zero-order valence-electron chi connectivity index (χ0n) is 14.6. The SMILES string of the molecule is O=C(NCc1cc(Cl)ccc1-n1cnnn1)C1CCCN1C(=O)C1CCN1. The molecule has 2 amide bonds. The van der Waals surface area contributed by atoms with E-state index in [0.29, 0.717) is 18.0 Å². The molecule has 2 aromatic rings. The maximum atomic E-state index is 12.7. The van der Waals surface area contributed by atoms with Gasteiger partial charge in [0.15, 0.2) is 0 Å². The van der Waals surface area contributed by atoms with Crippen molar-refractivity contribution in [1.82, 2.24) is 35.7 Å². The van der Waals surface area contributed by atoms with Crippen molar-refractivity contribution in [1.29, 1.82) is 0 Å². The van der Waals surface area contributed by atoms with Crippen molar-refractivity contribution in [2.24, 2.45) is 0 Å². The Bertz CT molecular complexity index is 838. The minimum absolute atomic E-state index is 0.0241. The van der Waals surface area contributed by atoms with Crippen LogP contribution in [0.4, 0.5) is 0 Å². The highest BCUT2D eigenvalue weighted by Gasteiger charge is 2.38. The largest absolute Gasteiger partial charge is 0.350 e. The second-order valence-corrected chi connectivity index (χ2v) is 7.17. The van der Waals surface area contributed by atoms with E-state index in [2.05, 4.69) is 26.2 Å². The molecule has 142 valence electrons. The molecule has 0 bridgehead atoms. The van der Waals surface area contributed by atoms with Crippen LogP contribution in [0.5, 0.6) is 0 Å². The summed E-state index contributed by atoms with van der Waals surface area (Å²) in [5.74, 6) is -0.126. The molecule has 0 spiro atoms. The molecular formula is C17H20ClN7O2. The summed E-state index contributed by atoms with van der Waals surface area (Å²) in [6.07, 6.45) is 3.84. The number of likely N-dealkylation sites (tertiary alicyclic amines) is 1. The van der Waals surface area contributed by atoms with Crippen molar-refractivity contribution in [3.05, 3.63) is 35.1 Å². The van der Waals surface area contributed by atoms with Crippen molar-refractivity contribution in [3.63, 3.8) is 0 Å². The van der Waals surface area contributed by atoms with Gasteiger partial charge in [0.25, 0.3) is 0 Å². The second kappa shape index (κ2) is 7.61. The Hall–Kier alpha value is -2.52. The minimum Gasteiger partial charge on any atom is -0.350 e. The van der Waals surface area contributed by atoms with E-state index in [-0.39, 0.29) is 24.4 Å². The lowest BCUT2D eigenvalue weighted by Crippen LogP contribution is -2.57. The van der Waals surface area contributed by atoms with Crippen LogP contribution in [-0.2, 0) is 16.1 Å². The van der Waals surface area contributed by atoms with Gasteiger partial charge in [0, 0.05) is 18.1 Å². The van der Waals surface area contributed by atoms with Gasteiger partial charge in [-0.1, -0.05) is 11.6 Å². The molecule has 2 atom stereocenters. The lowest BCUT2D eigenvalue weighted by molar-refractivity contribution is -0.141. The molecule has 0 radical (unpaired) electrons. The van der Waals surface area contributed by atoms with Gasteiger partial charge in [-0.2, -0.15) is 0 Å². The van der Waals surface area contributed by atoms with Gasteiger partial charge in [0.05, 0.1) is 11.7 Å². The normalized spacial score (nSPS) is 21.7. The summed E-state index contributed by atoms with van der Waals surface area (Å²) in [6.45, 7) is 1.76. The summed E-state index contributed by atoms with van der Waals surface area (Å²) in [6, 6.07) is 4.75. The molecule has 2 saturated heterocycles. The van der Waals surface area contributed by atoms with Gasteiger partial charge in [-0.05, 0) is 60.0 Å². The first-order valence-electron chi connectivity index (χ1n) is 8.97. The lowest BCUT2D eigenvalue weighted by atomic mass is 10.1. The van der Waals surface area contributed by atoms with E-state index in [1.165, 1.54) is 11.0 Å². The maximum absolute atomic E-state index is 12.7. The third-order valence-corrected chi connectivity index (χ3v) is 5.29. The Balaban J connectivity index is 1.45. The molecule has 27 heavy (non-hydrogen) atoms. The molecule has 3 heterocycles. The highest BCUT2D eigenvalue weighted by molar-refractivity contribution is 6.30. The molecule has 2 aliphatic rings. The number of carbonyl (C=O) groups is 2.